The third kappa shape index (κ3) is 3.61. The van der Waals surface area contributed by atoms with E-state index in [0.717, 1.165) is 18.5 Å². The molecule has 4 heteroatoms. The Morgan fingerprint density at radius 2 is 1.88 bits per heavy atom. The summed E-state index contributed by atoms with van der Waals surface area (Å²) in [5.74, 6) is 0.728. The summed E-state index contributed by atoms with van der Waals surface area (Å²) in [5, 5.41) is 3.03. The molecule has 2 aliphatic rings. The van der Waals surface area contributed by atoms with Gasteiger partial charge in [0.2, 0.25) is 5.91 Å². The predicted molar refractivity (Wildman–Crippen MR) is 103 cm³/mol. The molecule has 2 aliphatic carbocycles. The zero-order valence-corrected chi connectivity index (χ0v) is 15.3. The average molecular weight is 350 g/mol. The molecule has 1 unspecified atom stereocenters. The molecule has 136 valence electrons. The second-order valence-corrected chi connectivity index (χ2v) is 7.26. The molecule has 4 rings (SSSR count). The van der Waals surface area contributed by atoms with Gasteiger partial charge in [-0.25, -0.2) is 0 Å². The quantitative estimate of drug-likeness (QED) is 0.850. The normalized spacial score (nSPS) is 19.1. The van der Waals surface area contributed by atoms with Crippen molar-refractivity contribution in [2.24, 2.45) is 0 Å². The zero-order chi connectivity index (χ0) is 17.9. The first-order chi connectivity index (χ1) is 12.8. The topological polar surface area (TPSA) is 41.6 Å². The van der Waals surface area contributed by atoms with Crippen molar-refractivity contribution >= 4 is 11.6 Å². The highest BCUT2D eigenvalue weighted by Gasteiger charge is 2.37. The van der Waals surface area contributed by atoms with Crippen LogP contribution in [0.1, 0.15) is 42.9 Å². The fourth-order valence-corrected chi connectivity index (χ4v) is 4.08. The van der Waals surface area contributed by atoms with Crippen LogP contribution in [0.4, 0.5) is 5.69 Å². The van der Waals surface area contributed by atoms with E-state index < -0.39 is 0 Å². The van der Waals surface area contributed by atoms with E-state index in [0.29, 0.717) is 24.4 Å². The van der Waals surface area contributed by atoms with Gasteiger partial charge in [-0.05, 0) is 55.4 Å². The summed E-state index contributed by atoms with van der Waals surface area (Å²) in [6.45, 7) is 0.432. The lowest BCUT2D eigenvalue weighted by Crippen LogP contribution is -2.39. The number of fused-ring (bicyclic) bond motifs is 1. The maximum Gasteiger partial charge on any atom is 0.238 e. The molecule has 0 aromatic heterocycles. The van der Waals surface area contributed by atoms with Crippen LogP contribution in [0.25, 0.3) is 0 Å². The lowest BCUT2D eigenvalue weighted by atomic mass is 9.86. The smallest absolute Gasteiger partial charge is 0.238 e. The van der Waals surface area contributed by atoms with Crippen LogP contribution in [0.2, 0.25) is 0 Å². The number of hydrogen-bond acceptors (Lipinski definition) is 3. The number of nitrogens with zero attached hydrogens (tertiary/aromatic N) is 1. The molecule has 0 radical (unpaired) electrons. The van der Waals surface area contributed by atoms with Crippen LogP contribution < -0.4 is 10.1 Å². The van der Waals surface area contributed by atoms with E-state index in [1.54, 1.807) is 7.11 Å². The zero-order valence-electron chi connectivity index (χ0n) is 15.3. The monoisotopic (exact) mass is 350 g/mol. The van der Waals surface area contributed by atoms with Gasteiger partial charge in [-0.2, -0.15) is 0 Å². The van der Waals surface area contributed by atoms with Crippen molar-refractivity contribution in [3.05, 3.63) is 59.7 Å². The number of benzene rings is 2. The Bertz CT molecular complexity index is 785. The molecule has 1 saturated carbocycles. The Hall–Kier alpha value is -2.33. The summed E-state index contributed by atoms with van der Waals surface area (Å²) in [6, 6.07) is 17.2. The molecule has 4 nitrogen and oxygen atoms in total. The number of para-hydroxylation sites is 2. The van der Waals surface area contributed by atoms with Crippen LogP contribution in [-0.4, -0.2) is 30.5 Å². The molecule has 2 aromatic carbocycles. The Kier molecular flexibility index (Phi) is 4.93. The first-order valence-electron chi connectivity index (χ1n) is 9.52. The van der Waals surface area contributed by atoms with Gasteiger partial charge in [0.25, 0.3) is 0 Å². The second-order valence-electron chi connectivity index (χ2n) is 7.26. The number of hydrogen-bond donors (Lipinski definition) is 1. The third-order valence-corrected chi connectivity index (χ3v) is 5.46. The standard InChI is InChI=1S/C22H26N2O2/c1-26-21-12-5-4-10-19(21)23-22(25)15-24(17-13-14-17)20-11-6-8-16-7-2-3-9-18(16)20/h2-5,7,9-10,12,17,20H,6,8,11,13-15H2,1H3,(H,23,25). The fraction of sp³-hybridized carbons (Fsp3) is 0.409. The minimum Gasteiger partial charge on any atom is -0.495 e. The van der Waals surface area contributed by atoms with E-state index in [1.165, 1.54) is 30.4 Å². The molecule has 1 fully saturated rings. The average Bonchev–Trinajstić information content (AvgIpc) is 3.51. The number of nitrogens with one attached hydrogen (secondary N) is 1. The number of methoxy groups -OCH3 is 1. The first kappa shape index (κ1) is 17.1. The molecule has 0 spiro atoms. The highest BCUT2D eigenvalue weighted by molar-refractivity contribution is 5.93. The van der Waals surface area contributed by atoms with Gasteiger partial charge in [-0.15, -0.1) is 0 Å². The van der Waals surface area contributed by atoms with Crippen LogP contribution in [0.5, 0.6) is 5.75 Å². The number of carbonyl (C=O) groups excluding carboxylic acids is 1. The molecular weight excluding hydrogens is 324 g/mol. The molecule has 1 amide bonds. The van der Waals surface area contributed by atoms with E-state index >= 15 is 0 Å². The van der Waals surface area contributed by atoms with E-state index in [9.17, 15) is 4.79 Å². The van der Waals surface area contributed by atoms with Gasteiger partial charge >= 0.3 is 0 Å². The minimum atomic E-state index is 0.0319. The molecule has 26 heavy (non-hydrogen) atoms. The lowest BCUT2D eigenvalue weighted by Gasteiger charge is -2.35. The van der Waals surface area contributed by atoms with Gasteiger partial charge in [0.15, 0.2) is 0 Å². The summed E-state index contributed by atoms with van der Waals surface area (Å²) in [5.41, 5.74) is 3.59. The molecule has 0 heterocycles. The van der Waals surface area contributed by atoms with Crippen molar-refractivity contribution in [3.8, 4) is 5.75 Å². The summed E-state index contributed by atoms with van der Waals surface area (Å²) in [7, 11) is 1.63. The van der Waals surface area contributed by atoms with Crippen LogP contribution in [0.3, 0.4) is 0 Å². The van der Waals surface area contributed by atoms with E-state index in [1.807, 2.05) is 24.3 Å². The highest BCUT2D eigenvalue weighted by Crippen LogP contribution is 2.40. The van der Waals surface area contributed by atoms with E-state index in [2.05, 4.69) is 34.5 Å². The lowest BCUT2D eigenvalue weighted by molar-refractivity contribution is -0.118. The van der Waals surface area contributed by atoms with Gasteiger partial charge in [0.1, 0.15) is 5.75 Å². The number of ether oxygens (including phenoxy) is 1. The van der Waals surface area contributed by atoms with Crippen molar-refractivity contribution < 1.29 is 9.53 Å². The maximum absolute atomic E-state index is 12.8. The van der Waals surface area contributed by atoms with E-state index in [-0.39, 0.29) is 5.91 Å². The molecule has 1 N–H and O–H groups in total. The largest absolute Gasteiger partial charge is 0.495 e. The summed E-state index contributed by atoms with van der Waals surface area (Å²) in [4.78, 5) is 15.2. The summed E-state index contributed by atoms with van der Waals surface area (Å²) in [6.07, 6.45) is 5.87. The predicted octanol–water partition coefficient (Wildman–Crippen LogP) is 4.18. The van der Waals surface area contributed by atoms with Gasteiger partial charge in [0.05, 0.1) is 19.3 Å². The number of carbonyl (C=O) groups is 1. The number of aryl methyl sites for hydroxylation is 1. The summed E-state index contributed by atoms with van der Waals surface area (Å²) < 4.78 is 5.35. The van der Waals surface area contributed by atoms with Crippen LogP contribution in [0, 0.1) is 0 Å². The number of rotatable bonds is 6. The molecule has 0 aliphatic heterocycles. The Morgan fingerprint density at radius 1 is 1.12 bits per heavy atom. The van der Waals surface area contributed by atoms with Crippen LogP contribution in [-0.2, 0) is 11.2 Å². The molecule has 0 saturated heterocycles. The Morgan fingerprint density at radius 3 is 2.69 bits per heavy atom. The van der Waals surface area contributed by atoms with Gasteiger partial charge in [0, 0.05) is 12.1 Å². The van der Waals surface area contributed by atoms with Crippen molar-refractivity contribution in [2.75, 3.05) is 19.0 Å². The number of anilines is 1. The van der Waals surface area contributed by atoms with E-state index in [4.69, 9.17) is 4.74 Å². The third-order valence-electron chi connectivity index (χ3n) is 5.46. The Labute approximate surface area is 155 Å². The molecule has 0 bridgehead atoms. The maximum atomic E-state index is 12.8. The second kappa shape index (κ2) is 7.50. The van der Waals surface area contributed by atoms with Crippen molar-refractivity contribution in [1.29, 1.82) is 0 Å². The number of amides is 1. The highest BCUT2D eigenvalue weighted by atomic mass is 16.5. The van der Waals surface area contributed by atoms with Crippen LogP contribution in [0.15, 0.2) is 48.5 Å². The fourth-order valence-electron chi connectivity index (χ4n) is 4.08. The molecule has 1 atom stereocenters. The van der Waals surface area contributed by atoms with Crippen molar-refractivity contribution in [2.45, 2.75) is 44.2 Å². The SMILES string of the molecule is COc1ccccc1NC(=O)CN(C1CC1)C1CCCc2ccccc21. The summed E-state index contributed by atoms with van der Waals surface area (Å²) >= 11 is 0. The molecule has 2 aromatic rings. The van der Waals surface area contributed by atoms with Gasteiger partial charge < -0.3 is 10.1 Å². The molecular formula is C22H26N2O2. The van der Waals surface area contributed by atoms with Crippen LogP contribution >= 0.6 is 0 Å². The van der Waals surface area contributed by atoms with Crippen molar-refractivity contribution in [3.63, 3.8) is 0 Å². The van der Waals surface area contributed by atoms with Crippen molar-refractivity contribution in [1.82, 2.24) is 4.90 Å². The van der Waals surface area contributed by atoms with Gasteiger partial charge in [-0.3, -0.25) is 9.69 Å². The van der Waals surface area contributed by atoms with Gasteiger partial charge in [-0.1, -0.05) is 36.4 Å². The minimum absolute atomic E-state index is 0.0319. The Balaban J connectivity index is 1.51. The first-order valence-corrected chi connectivity index (χ1v) is 9.52.